The van der Waals surface area contributed by atoms with Crippen LogP contribution in [0.25, 0.3) is 0 Å². The van der Waals surface area contributed by atoms with Gasteiger partial charge in [0.2, 0.25) is 11.8 Å². The summed E-state index contributed by atoms with van der Waals surface area (Å²) in [5.74, 6) is 0.587. The zero-order valence-electron chi connectivity index (χ0n) is 19.8. The molecule has 7 heteroatoms. The predicted octanol–water partition coefficient (Wildman–Crippen LogP) is 3.24. The molecule has 0 radical (unpaired) electrons. The molecule has 4 aliphatic rings. The van der Waals surface area contributed by atoms with Gasteiger partial charge in [0.15, 0.2) is 0 Å². The molecule has 1 aliphatic carbocycles. The van der Waals surface area contributed by atoms with Gasteiger partial charge in [0.25, 0.3) is 5.91 Å². The fraction of sp³-hybridized carbons (Fsp3) is 0.464. The second-order valence-electron chi connectivity index (χ2n) is 10.3. The van der Waals surface area contributed by atoms with Crippen LogP contribution in [-0.2, 0) is 16.1 Å². The molecular formula is C28H31N3O4. The Balaban J connectivity index is 1.12. The maximum Gasteiger partial charge on any atom is 0.255 e. The number of carbonyl (C=O) groups excluding carboxylic acids is 3. The number of carbonyl (C=O) groups is 3. The lowest BCUT2D eigenvalue weighted by atomic mass is 9.84. The van der Waals surface area contributed by atoms with Crippen molar-refractivity contribution >= 4 is 17.7 Å². The number of nitrogens with one attached hydrogen (secondary N) is 1. The van der Waals surface area contributed by atoms with Crippen molar-refractivity contribution < 1.29 is 19.1 Å². The fourth-order valence-corrected chi connectivity index (χ4v) is 6.15. The van der Waals surface area contributed by atoms with Crippen LogP contribution in [-0.4, -0.2) is 58.8 Å². The highest BCUT2D eigenvalue weighted by molar-refractivity contribution is 6.05. The van der Waals surface area contributed by atoms with E-state index in [0.717, 1.165) is 37.2 Å². The third kappa shape index (κ3) is 4.22. The van der Waals surface area contributed by atoms with Crippen LogP contribution in [0.2, 0.25) is 0 Å². The molecule has 6 rings (SSSR count). The molecule has 0 spiro atoms. The van der Waals surface area contributed by atoms with Gasteiger partial charge in [-0.05, 0) is 55.0 Å². The van der Waals surface area contributed by atoms with Gasteiger partial charge in [-0.1, -0.05) is 36.8 Å². The van der Waals surface area contributed by atoms with Crippen LogP contribution in [0.4, 0.5) is 0 Å². The number of piperidine rings is 1. The molecule has 2 aromatic carbocycles. The van der Waals surface area contributed by atoms with Gasteiger partial charge in [0.05, 0.1) is 0 Å². The van der Waals surface area contributed by atoms with Crippen molar-refractivity contribution in [2.75, 3.05) is 13.1 Å². The Bertz CT molecular complexity index is 1140. The third-order valence-electron chi connectivity index (χ3n) is 8.10. The molecule has 3 atom stereocenters. The average Bonchev–Trinajstić information content (AvgIpc) is 3.15. The Morgan fingerprint density at radius 2 is 1.71 bits per heavy atom. The lowest BCUT2D eigenvalue weighted by Gasteiger charge is -2.48. The number of likely N-dealkylation sites (tertiary alicyclic amines) is 1. The van der Waals surface area contributed by atoms with E-state index in [-0.39, 0.29) is 30.2 Å². The molecule has 1 N–H and O–H groups in total. The molecular weight excluding hydrogens is 442 g/mol. The average molecular weight is 474 g/mol. The molecule has 3 amide bonds. The highest BCUT2D eigenvalue weighted by atomic mass is 16.5. The highest BCUT2D eigenvalue weighted by Crippen LogP contribution is 2.36. The molecule has 3 aliphatic heterocycles. The Morgan fingerprint density at radius 1 is 0.914 bits per heavy atom. The van der Waals surface area contributed by atoms with Crippen LogP contribution in [0.5, 0.6) is 5.75 Å². The minimum Gasteiger partial charge on any atom is -0.489 e. The Kier molecular flexibility index (Phi) is 5.80. The lowest BCUT2D eigenvalue weighted by molar-refractivity contribution is -0.136. The predicted molar refractivity (Wildman–Crippen MR) is 130 cm³/mol. The van der Waals surface area contributed by atoms with Crippen molar-refractivity contribution in [3.8, 4) is 5.75 Å². The minimum absolute atomic E-state index is 0.141. The number of hydrogen-bond acceptors (Lipinski definition) is 5. The fourth-order valence-electron chi connectivity index (χ4n) is 6.15. The number of hydrogen-bond donors (Lipinski definition) is 1. The molecule has 7 nitrogen and oxygen atoms in total. The summed E-state index contributed by atoms with van der Waals surface area (Å²) >= 11 is 0. The van der Waals surface area contributed by atoms with Crippen molar-refractivity contribution in [1.82, 2.24) is 15.1 Å². The number of rotatable bonds is 5. The molecule has 182 valence electrons. The summed E-state index contributed by atoms with van der Waals surface area (Å²) in [6.45, 7) is 2.53. The van der Waals surface area contributed by atoms with Gasteiger partial charge in [-0.3, -0.25) is 24.6 Å². The molecule has 0 aromatic heterocycles. The first-order valence-corrected chi connectivity index (χ1v) is 12.8. The van der Waals surface area contributed by atoms with E-state index in [0.29, 0.717) is 30.5 Å². The second kappa shape index (κ2) is 9.11. The van der Waals surface area contributed by atoms with Crippen LogP contribution < -0.4 is 10.1 Å². The SMILES string of the molecule is O=C1CCC(N2Cc3cc(O[C@@H]4CCCC[C@H]4N4CC(c5ccccc5)C4)ccc3C2=O)C(=O)N1. The molecule has 0 bridgehead atoms. The van der Waals surface area contributed by atoms with Crippen molar-refractivity contribution in [1.29, 1.82) is 0 Å². The second-order valence-corrected chi connectivity index (χ2v) is 10.3. The largest absolute Gasteiger partial charge is 0.489 e. The Labute approximate surface area is 205 Å². The Hall–Kier alpha value is -3.19. The number of benzene rings is 2. The first-order chi connectivity index (χ1) is 17.1. The minimum atomic E-state index is -0.594. The van der Waals surface area contributed by atoms with Gasteiger partial charge in [-0.25, -0.2) is 0 Å². The van der Waals surface area contributed by atoms with Crippen molar-refractivity contribution in [2.24, 2.45) is 0 Å². The summed E-state index contributed by atoms with van der Waals surface area (Å²) in [6.07, 6.45) is 5.36. The monoisotopic (exact) mass is 473 g/mol. The van der Waals surface area contributed by atoms with Crippen molar-refractivity contribution in [2.45, 2.75) is 69.2 Å². The molecule has 1 saturated carbocycles. The van der Waals surface area contributed by atoms with Crippen molar-refractivity contribution in [3.05, 3.63) is 65.2 Å². The molecule has 2 aromatic rings. The van der Waals surface area contributed by atoms with Gasteiger partial charge >= 0.3 is 0 Å². The van der Waals surface area contributed by atoms with Gasteiger partial charge in [0, 0.05) is 43.6 Å². The summed E-state index contributed by atoms with van der Waals surface area (Å²) in [7, 11) is 0. The van der Waals surface area contributed by atoms with E-state index >= 15 is 0 Å². The van der Waals surface area contributed by atoms with Crippen LogP contribution in [0, 0.1) is 0 Å². The zero-order valence-corrected chi connectivity index (χ0v) is 19.8. The first-order valence-electron chi connectivity index (χ1n) is 12.8. The maximum atomic E-state index is 13.0. The van der Waals surface area contributed by atoms with Crippen LogP contribution in [0.15, 0.2) is 48.5 Å². The standard InChI is InChI=1S/C28H31N3O4/c32-26-13-12-24(27(33)29-26)31-17-19-14-21(10-11-22(19)28(31)34)35-25-9-5-4-8-23(25)30-15-20(16-30)18-6-2-1-3-7-18/h1-3,6-7,10-11,14,20,23-25H,4-5,8-9,12-13,15-17H2,(H,29,32,33)/t23-,24?,25-/m1/s1. The molecule has 3 fully saturated rings. The summed E-state index contributed by atoms with van der Waals surface area (Å²) in [5.41, 5.74) is 2.93. The number of fused-ring (bicyclic) bond motifs is 1. The normalized spacial score (nSPS) is 27.4. The lowest BCUT2D eigenvalue weighted by Crippen LogP contribution is -2.57. The van der Waals surface area contributed by atoms with E-state index in [2.05, 4.69) is 40.5 Å². The summed E-state index contributed by atoms with van der Waals surface area (Å²) in [6, 6.07) is 16.2. The molecule has 2 saturated heterocycles. The van der Waals surface area contributed by atoms with E-state index in [1.54, 1.807) is 4.90 Å². The summed E-state index contributed by atoms with van der Waals surface area (Å²) in [4.78, 5) is 40.9. The summed E-state index contributed by atoms with van der Waals surface area (Å²) in [5, 5.41) is 2.36. The third-order valence-corrected chi connectivity index (χ3v) is 8.10. The van der Waals surface area contributed by atoms with Gasteiger partial charge < -0.3 is 9.64 Å². The Morgan fingerprint density at radius 3 is 2.51 bits per heavy atom. The highest BCUT2D eigenvalue weighted by Gasteiger charge is 2.41. The number of ether oxygens (including phenoxy) is 1. The zero-order chi connectivity index (χ0) is 23.9. The number of imide groups is 1. The van der Waals surface area contributed by atoms with Gasteiger partial charge in [-0.2, -0.15) is 0 Å². The van der Waals surface area contributed by atoms with Crippen LogP contribution in [0.3, 0.4) is 0 Å². The maximum absolute atomic E-state index is 13.0. The molecule has 3 heterocycles. The van der Waals surface area contributed by atoms with Gasteiger partial charge in [-0.15, -0.1) is 0 Å². The number of amides is 3. The van der Waals surface area contributed by atoms with Crippen LogP contribution in [0.1, 0.15) is 65.9 Å². The molecule has 1 unspecified atom stereocenters. The van der Waals surface area contributed by atoms with Gasteiger partial charge in [0.1, 0.15) is 17.9 Å². The first kappa shape index (κ1) is 22.3. The van der Waals surface area contributed by atoms with E-state index in [1.807, 2.05) is 18.2 Å². The molecule has 35 heavy (non-hydrogen) atoms. The number of nitrogens with zero attached hydrogens (tertiary/aromatic N) is 2. The summed E-state index contributed by atoms with van der Waals surface area (Å²) < 4.78 is 6.55. The van der Waals surface area contributed by atoms with E-state index in [4.69, 9.17) is 4.74 Å². The van der Waals surface area contributed by atoms with E-state index in [9.17, 15) is 14.4 Å². The smallest absolute Gasteiger partial charge is 0.255 e. The van der Waals surface area contributed by atoms with E-state index < -0.39 is 6.04 Å². The quantitative estimate of drug-likeness (QED) is 0.675. The van der Waals surface area contributed by atoms with Crippen LogP contribution >= 0.6 is 0 Å². The topological polar surface area (TPSA) is 79.0 Å². The van der Waals surface area contributed by atoms with E-state index in [1.165, 1.54) is 18.4 Å². The van der Waals surface area contributed by atoms with Crippen molar-refractivity contribution in [3.63, 3.8) is 0 Å².